The summed E-state index contributed by atoms with van der Waals surface area (Å²) >= 11 is 1.83. The molecule has 1 N–H and O–H groups in total. The van der Waals surface area contributed by atoms with Gasteiger partial charge in [0.05, 0.1) is 0 Å². The molecular weight excluding hydrogens is 314 g/mol. The van der Waals surface area contributed by atoms with Crippen LogP contribution in [-0.4, -0.2) is 6.54 Å². The van der Waals surface area contributed by atoms with E-state index in [1.807, 2.05) is 23.5 Å². The Labute approximate surface area is 146 Å². The van der Waals surface area contributed by atoms with E-state index < -0.39 is 0 Å². The maximum absolute atomic E-state index is 5.88. The fourth-order valence-corrected chi connectivity index (χ4v) is 4.24. The van der Waals surface area contributed by atoms with E-state index in [9.17, 15) is 0 Å². The molecule has 122 valence electrons. The van der Waals surface area contributed by atoms with E-state index in [1.165, 1.54) is 21.0 Å². The lowest BCUT2D eigenvalue weighted by Crippen LogP contribution is -2.20. The molecule has 2 nitrogen and oxygen atoms in total. The molecular formula is C21H21NOS. The van der Waals surface area contributed by atoms with Crippen LogP contribution in [0.2, 0.25) is 0 Å². The van der Waals surface area contributed by atoms with Gasteiger partial charge in [-0.05, 0) is 54.4 Å². The van der Waals surface area contributed by atoms with Crippen LogP contribution in [0.3, 0.4) is 0 Å². The van der Waals surface area contributed by atoms with Gasteiger partial charge >= 0.3 is 0 Å². The van der Waals surface area contributed by atoms with E-state index in [1.54, 1.807) is 0 Å². The molecule has 0 saturated heterocycles. The fourth-order valence-electron chi connectivity index (χ4n) is 3.18. The third-order valence-corrected chi connectivity index (χ3v) is 5.49. The minimum absolute atomic E-state index is 0.372. The van der Waals surface area contributed by atoms with Crippen molar-refractivity contribution in [1.29, 1.82) is 0 Å². The van der Waals surface area contributed by atoms with Crippen molar-refractivity contribution < 1.29 is 4.42 Å². The lowest BCUT2D eigenvalue weighted by Gasteiger charge is -2.13. The molecule has 0 saturated carbocycles. The molecule has 4 rings (SSSR count). The zero-order chi connectivity index (χ0) is 16.4. The van der Waals surface area contributed by atoms with Crippen LogP contribution in [0.5, 0.6) is 0 Å². The minimum Gasteiger partial charge on any atom is -0.461 e. The average molecular weight is 335 g/mol. The summed E-state index contributed by atoms with van der Waals surface area (Å²) in [5.41, 5.74) is 2.39. The van der Waals surface area contributed by atoms with Crippen LogP contribution < -0.4 is 5.32 Å². The summed E-state index contributed by atoms with van der Waals surface area (Å²) in [4.78, 5) is 0. The molecule has 0 spiro atoms. The normalized spacial score (nSPS) is 12.9. The highest BCUT2D eigenvalue weighted by atomic mass is 32.1. The van der Waals surface area contributed by atoms with Crippen LogP contribution in [0.15, 0.2) is 64.4 Å². The number of para-hydroxylation sites is 1. The van der Waals surface area contributed by atoms with Gasteiger partial charge in [-0.15, -0.1) is 11.3 Å². The SMILES string of the molecule is CC(NCCCc1cc2ccccc2o1)c1csc2ccccc12. The number of benzene rings is 2. The van der Waals surface area contributed by atoms with Crippen LogP contribution in [0.4, 0.5) is 0 Å². The van der Waals surface area contributed by atoms with Crippen molar-refractivity contribution in [2.45, 2.75) is 25.8 Å². The molecule has 2 aromatic heterocycles. The van der Waals surface area contributed by atoms with Gasteiger partial charge in [-0.25, -0.2) is 0 Å². The first-order valence-electron chi connectivity index (χ1n) is 8.48. The molecule has 2 aromatic carbocycles. The van der Waals surface area contributed by atoms with Crippen LogP contribution in [0.1, 0.15) is 30.7 Å². The highest BCUT2D eigenvalue weighted by molar-refractivity contribution is 7.17. The Balaban J connectivity index is 1.33. The van der Waals surface area contributed by atoms with Crippen molar-refractivity contribution >= 4 is 32.4 Å². The summed E-state index contributed by atoms with van der Waals surface area (Å²) in [5.74, 6) is 1.08. The number of rotatable bonds is 6. The van der Waals surface area contributed by atoms with Gasteiger partial charge in [0.15, 0.2) is 0 Å². The van der Waals surface area contributed by atoms with Gasteiger partial charge in [-0.3, -0.25) is 0 Å². The number of aryl methyl sites for hydroxylation is 1. The first kappa shape index (κ1) is 15.4. The van der Waals surface area contributed by atoms with E-state index in [0.717, 1.165) is 30.7 Å². The van der Waals surface area contributed by atoms with Gasteiger partial charge in [0.1, 0.15) is 11.3 Å². The summed E-state index contributed by atoms with van der Waals surface area (Å²) in [5, 5.41) is 8.49. The predicted molar refractivity (Wildman–Crippen MR) is 103 cm³/mol. The first-order valence-corrected chi connectivity index (χ1v) is 9.36. The quantitative estimate of drug-likeness (QED) is 0.442. The van der Waals surface area contributed by atoms with Crippen molar-refractivity contribution in [2.24, 2.45) is 0 Å². The summed E-state index contributed by atoms with van der Waals surface area (Å²) in [6.45, 7) is 3.23. The molecule has 0 aliphatic carbocycles. The highest BCUT2D eigenvalue weighted by Gasteiger charge is 2.10. The van der Waals surface area contributed by atoms with E-state index in [2.05, 4.69) is 60.1 Å². The zero-order valence-electron chi connectivity index (χ0n) is 13.8. The lowest BCUT2D eigenvalue weighted by atomic mass is 10.1. The predicted octanol–water partition coefficient (Wildman–Crippen LogP) is 5.93. The van der Waals surface area contributed by atoms with Crippen LogP contribution in [-0.2, 0) is 6.42 Å². The maximum atomic E-state index is 5.88. The van der Waals surface area contributed by atoms with Crippen molar-refractivity contribution in [3.63, 3.8) is 0 Å². The van der Waals surface area contributed by atoms with Gasteiger partial charge in [-0.1, -0.05) is 36.4 Å². The molecule has 2 heterocycles. The Kier molecular flexibility index (Phi) is 4.37. The second-order valence-corrected chi connectivity index (χ2v) is 7.13. The van der Waals surface area contributed by atoms with Crippen molar-refractivity contribution in [3.8, 4) is 0 Å². The molecule has 0 amide bonds. The van der Waals surface area contributed by atoms with Gasteiger partial charge < -0.3 is 9.73 Å². The van der Waals surface area contributed by atoms with Gasteiger partial charge in [-0.2, -0.15) is 0 Å². The monoisotopic (exact) mass is 335 g/mol. The molecule has 0 aliphatic rings. The Hall–Kier alpha value is -2.10. The number of thiophene rings is 1. The van der Waals surface area contributed by atoms with E-state index >= 15 is 0 Å². The largest absolute Gasteiger partial charge is 0.461 e. The average Bonchev–Trinajstić information content (AvgIpc) is 3.22. The van der Waals surface area contributed by atoms with Gasteiger partial charge in [0.2, 0.25) is 0 Å². The number of fused-ring (bicyclic) bond motifs is 2. The molecule has 24 heavy (non-hydrogen) atoms. The molecule has 0 radical (unpaired) electrons. The van der Waals surface area contributed by atoms with Crippen LogP contribution >= 0.6 is 11.3 Å². The molecule has 4 aromatic rings. The lowest BCUT2D eigenvalue weighted by molar-refractivity contribution is 0.511. The number of hydrogen-bond acceptors (Lipinski definition) is 3. The first-order chi connectivity index (χ1) is 11.8. The van der Waals surface area contributed by atoms with Gasteiger partial charge in [0.25, 0.3) is 0 Å². The van der Waals surface area contributed by atoms with Crippen molar-refractivity contribution in [3.05, 3.63) is 71.3 Å². The molecule has 0 bridgehead atoms. The summed E-state index contributed by atoms with van der Waals surface area (Å²) in [6.07, 6.45) is 2.05. The third-order valence-electron chi connectivity index (χ3n) is 4.50. The number of furan rings is 1. The summed E-state index contributed by atoms with van der Waals surface area (Å²) < 4.78 is 7.24. The Bertz CT molecular complexity index is 919. The molecule has 0 fully saturated rings. The van der Waals surface area contributed by atoms with E-state index in [4.69, 9.17) is 4.42 Å². The Morgan fingerprint density at radius 2 is 1.92 bits per heavy atom. The molecule has 1 unspecified atom stereocenters. The topological polar surface area (TPSA) is 25.2 Å². The van der Waals surface area contributed by atoms with Crippen LogP contribution in [0, 0.1) is 0 Å². The maximum Gasteiger partial charge on any atom is 0.134 e. The van der Waals surface area contributed by atoms with Gasteiger partial charge in [0, 0.05) is 22.5 Å². The standard InChI is InChI=1S/C21H21NOS/c1-15(19-14-24-21-11-5-3-9-18(19)21)22-12-6-8-17-13-16-7-2-4-10-20(16)23-17/h2-5,7,9-11,13-15,22H,6,8,12H2,1H3. The Morgan fingerprint density at radius 1 is 1.08 bits per heavy atom. The Morgan fingerprint density at radius 3 is 2.83 bits per heavy atom. The summed E-state index contributed by atoms with van der Waals surface area (Å²) in [7, 11) is 0. The molecule has 3 heteroatoms. The number of hydrogen-bond donors (Lipinski definition) is 1. The van der Waals surface area contributed by atoms with Crippen LogP contribution in [0.25, 0.3) is 21.1 Å². The van der Waals surface area contributed by atoms with Crippen molar-refractivity contribution in [2.75, 3.05) is 6.54 Å². The molecule has 0 aliphatic heterocycles. The second-order valence-electron chi connectivity index (χ2n) is 6.22. The fraction of sp³-hybridized carbons (Fsp3) is 0.238. The molecule has 1 atom stereocenters. The summed E-state index contributed by atoms with van der Waals surface area (Å²) in [6, 6.07) is 19.4. The van der Waals surface area contributed by atoms with Crippen molar-refractivity contribution in [1.82, 2.24) is 5.32 Å². The van der Waals surface area contributed by atoms with E-state index in [0.29, 0.717) is 6.04 Å². The second kappa shape index (κ2) is 6.80. The minimum atomic E-state index is 0.372. The number of nitrogens with one attached hydrogen (secondary N) is 1. The van der Waals surface area contributed by atoms with E-state index in [-0.39, 0.29) is 0 Å². The zero-order valence-corrected chi connectivity index (χ0v) is 14.6. The highest BCUT2D eigenvalue weighted by Crippen LogP contribution is 2.30. The smallest absolute Gasteiger partial charge is 0.134 e. The third kappa shape index (κ3) is 3.10.